The van der Waals surface area contributed by atoms with Crippen LogP contribution in [0.3, 0.4) is 0 Å². The van der Waals surface area contributed by atoms with Crippen LogP contribution in [0.2, 0.25) is 10.0 Å². The van der Waals surface area contributed by atoms with Gasteiger partial charge in [-0.15, -0.1) is 0 Å². The normalized spacial score (nSPS) is 10.2. The van der Waals surface area contributed by atoms with Crippen LogP contribution in [0.4, 0.5) is 5.69 Å². The molecule has 0 aromatic heterocycles. The monoisotopic (exact) mass is 311 g/mol. The number of hydrogen-bond donors (Lipinski definition) is 1. The highest BCUT2D eigenvalue weighted by atomic mass is 35.5. The van der Waals surface area contributed by atoms with Gasteiger partial charge in [0, 0.05) is 28.3 Å². The minimum atomic E-state index is 0.578. The van der Waals surface area contributed by atoms with E-state index in [-0.39, 0.29) is 0 Å². The average molecular weight is 312 g/mol. The quantitative estimate of drug-likeness (QED) is 0.873. The van der Waals surface area contributed by atoms with Gasteiger partial charge in [0.25, 0.3) is 0 Å². The summed E-state index contributed by atoms with van der Waals surface area (Å²) in [6.07, 6.45) is 0. The highest BCUT2D eigenvalue weighted by Crippen LogP contribution is 2.30. The van der Waals surface area contributed by atoms with E-state index in [1.807, 2.05) is 24.3 Å². The van der Waals surface area contributed by atoms with E-state index in [0.717, 1.165) is 11.3 Å². The fraction of sp³-hybridized carbons (Fsp3) is 0.200. The van der Waals surface area contributed by atoms with Gasteiger partial charge in [0.15, 0.2) is 11.5 Å². The van der Waals surface area contributed by atoms with Crippen LogP contribution in [-0.4, -0.2) is 14.2 Å². The SMILES string of the molecule is COc1ccc(NCc2cc(Cl)ccc2Cl)cc1OC. The molecule has 5 heteroatoms. The van der Waals surface area contributed by atoms with Crippen molar-refractivity contribution >= 4 is 28.9 Å². The molecule has 0 unspecified atom stereocenters. The second kappa shape index (κ2) is 6.73. The van der Waals surface area contributed by atoms with E-state index in [0.29, 0.717) is 28.1 Å². The van der Waals surface area contributed by atoms with Crippen molar-refractivity contribution in [3.63, 3.8) is 0 Å². The Morgan fingerprint density at radius 1 is 0.950 bits per heavy atom. The predicted octanol–water partition coefficient (Wildman–Crippen LogP) is 4.62. The third-order valence-corrected chi connectivity index (χ3v) is 3.48. The van der Waals surface area contributed by atoms with Gasteiger partial charge in [0.05, 0.1) is 14.2 Å². The molecule has 2 aromatic carbocycles. The molecule has 0 aliphatic heterocycles. The first kappa shape index (κ1) is 14.8. The Kier molecular flexibility index (Phi) is 4.99. The topological polar surface area (TPSA) is 30.5 Å². The van der Waals surface area contributed by atoms with Gasteiger partial charge >= 0.3 is 0 Å². The molecular weight excluding hydrogens is 297 g/mol. The van der Waals surface area contributed by atoms with Crippen molar-refractivity contribution in [2.24, 2.45) is 0 Å². The molecule has 2 rings (SSSR count). The Hall–Kier alpha value is -1.58. The van der Waals surface area contributed by atoms with Crippen molar-refractivity contribution in [2.45, 2.75) is 6.54 Å². The first-order valence-electron chi connectivity index (χ1n) is 6.04. The highest BCUT2D eigenvalue weighted by Gasteiger charge is 2.05. The van der Waals surface area contributed by atoms with Crippen LogP contribution >= 0.6 is 23.2 Å². The second-order valence-corrected chi connectivity index (χ2v) is 5.00. The summed E-state index contributed by atoms with van der Waals surface area (Å²) in [6, 6.07) is 11.0. The molecule has 2 aromatic rings. The van der Waals surface area contributed by atoms with E-state index < -0.39 is 0 Å². The summed E-state index contributed by atoms with van der Waals surface area (Å²) in [4.78, 5) is 0. The van der Waals surface area contributed by atoms with Gasteiger partial charge < -0.3 is 14.8 Å². The molecule has 0 bridgehead atoms. The molecule has 0 radical (unpaired) electrons. The lowest BCUT2D eigenvalue weighted by Gasteiger charge is -2.12. The zero-order valence-electron chi connectivity index (χ0n) is 11.2. The summed E-state index contributed by atoms with van der Waals surface area (Å²) in [5.74, 6) is 1.37. The molecule has 0 saturated carbocycles. The summed E-state index contributed by atoms with van der Waals surface area (Å²) >= 11 is 12.1. The molecule has 0 aliphatic rings. The Morgan fingerprint density at radius 2 is 1.70 bits per heavy atom. The van der Waals surface area contributed by atoms with E-state index in [9.17, 15) is 0 Å². The molecule has 0 heterocycles. The fourth-order valence-electron chi connectivity index (χ4n) is 1.82. The molecule has 0 atom stereocenters. The average Bonchev–Trinajstić information content (AvgIpc) is 2.47. The number of benzene rings is 2. The van der Waals surface area contributed by atoms with E-state index in [4.69, 9.17) is 32.7 Å². The standard InChI is InChI=1S/C15H15Cl2NO2/c1-19-14-6-4-12(8-15(14)20-2)18-9-10-7-11(16)3-5-13(10)17/h3-8,18H,9H2,1-2H3. The summed E-state index contributed by atoms with van der Waals surface area (Å²) in [5.41, 5.74) is 1.85. The molecule has 3 nitrogen and oxygen atoms in total. The minimum absolute atomic E-state index is 0.578. The van der Waals surface area contributed by atoms with Gasteiger partial charge in [0.1, 0.15) is 0 Å². The molecular formula is C15H15Cl2NO2. The number of halogens is 2. The maximum atomic E-state index is 6.13. The maximum absolute atomic E-state index is 6.13. The van der Waals surface area contributed by atoms with E-state index in [1.165, 1.54) is 0 Å². The lowest BCUT2D eigenvalue weighted by molar-refractivity contribution is 0.355. The zero-order valence-corrected chi connectivity index (χ0v) is 12.8. The van der Waals surface area contributed by atoms with E-state index >= 15 is 0 Å². The number of rotatable bonds is 5. The van der Waals surface area contributed by atoms with Crippen LogP contribution in [0.15, 0.2) is 36.4 Å². The Morgan fingerprint density at radius 3 is 2.40 bits per heavy atom. The van der Waals surface area contributed by atoms with Gasteiger partial charge in [-0.25, -0.2) is 0 Å². The van der Waals surface area contributed by atoms with Crippen molar-refractivity contribution in [2.75, 3.05) is 19.5 Å². The van der Waals surface area contributed by atoms with Crippen LogP contribution in [0.25, 0.3) is 0 Å². The number of ether oxygens (including phenoxy) is 2. The predicted molar refractivity (Wildman–Crippen MR) is 83.3 cm³/mol. The first-order chi connectivity index (χ1) is 9.63. The Balaban J connectivity index is 2.12. The summed E-state index contributed by atoms with van der Waals surface area (Å²) in [7, 11) is 3.21. The number of nitrogens with one attached hydrogen (secondary N) is 1. The van der Waals surface area contributed by atoms with Gasteiger partial charge in [-0.1, -0.05) is 23.2 Å². The molecule has 0 fully saturated rings. The number of anilines is 1. The van der Waals surface area contributed by atoms with Crippen molar-refractivity contribution in [3.05, 3.63) is 52.0 Å². The summed E-state index contributed by atoms with van der Waals surface area (Å²) in [5, 5.41) is 4.62. The van der Waals surface area contributed by atoms with Gasteiger partial charge in [-0.2, -0.15) is 0 Å². The van der Waals surface area contributed by atoms with Crippen LogP contribution in [0, 0.1) is 0 Å². The molecule has 0 aliphatic carbocycles. The molecule has 20 heavy (non-hydrogen) atoms. The van der Waals surface area contributed by atoms with Crippen molar-refractivity contribution in [1.29, 1.82) is 0 Å². The Bertz CT molecular complexity index is 602. The van der Waals surface area contributed by atoms with Crippen molar-refractivity contribution in [3.8, 4) is 11.5 Å². The first-order valence-corrected chi connectivity index (χ1v) is 6.79. The fourth-order valence-corrected chi connectivity index (χ4v) is 2.20. The molecule has 0 amide bonds. The summed E-state index contributed by atoms with van der Waals surface area (Å²) < 4.78 is 10.5. The van der Waals surface area contributed by atoms with Crippen LogP contribution < -0.4 is 14.8 Å². The van der Waals surface area contributed by atoms with Crippen molar-refractivity contribution in [1.82, 2.24) is 0 Å². The second-order valence-electron chi connectivity index (χ2n) is 4.16. The molecule has 0 saturated heterocycles. The van der Waals surface area contributed by atoms with Gasteiger partial charge in [-0.05, 0) is 35.9 Å². The highest BCUT2D eigenvalue weighted by molar-refractivity contribution is 6.33. The van der Waals surface area contributed by atoms with Gasteiger partial charge in [0.2, 0.25) is 0 Å². The lowest BCUT2D eigenvalue weighted by atomic mass is 10.2. The van der Waals surface area contributed by atoms with Crippen LogP contribution in [0.1, 0.15) is 5.56 Å². The molecule has 0 spiro atoms. The molecule has 106 valence electrons. The Labute approximate surface area is 128 Å². The van der Waals surface area contributed by atoms with Crippen LogP contribution in [0.5, 0.6) is 11.5 Å². The lowest BCUT2D eigenvalue weighted by Crippen LogP contribution is -2.01. The summed E-state index contributed by atoms with van der Waals surface area (Å²) in [6.45, 7) is 0.578. The number of methoxy groups -OCH3 is 2. The van der Waals surface area contributed by atoms with Crippen LogP contribution in [-0.2, 0) is 6.54 Å². The minimum Gasteiger partial charge on any atom is -0.493 e. The smallest absolute Gasteiger partial charge is 0.162 e. The third kappa shape index (κ3) is 3.50. The number of hydrogen-bond acceptors (Lipinski definition) is 3. The van der Waals surface area contributed by atoms with Gasteiger partial charge in [-0.3, -0.25) is 0 Å². The maximum Gasteiger partial charge on any atom is 0.162 e. The van der Waals surface area contributed by atoms with Crippen molar-refractivity contribution < 1.29 is 9.47 Å². The largest absolute Gasteiger partial charge is 0.493 e. The third-order valence-electron chi connectivity index (χ3n) is 2.87. The van der Waals surface area contributed by atoms with E-state index in [1.54, 1.807) is 26.4 Å². The zero-order chi connectivity index (χ0) is 14.5. The molecule has 1 N–H and O–H groups in total. The van der Waals surface area contributed by atoms with E-state index in [2.05, 4.69) is 5.32 Å².